The van der Waals surface area contributed by atoms with Crippen LogP contribution in [-0.2, 0) is 13.2 Å². The van der Waals surface area contributed by atoms with Gasteiger partial charge in [-0.1, -0.05) is 29.3 Å². The van der Waals surface area contributed by atoms with E-state index in [1.165, 1.54) is 12.1 Å². The molecule has 3 N–H and O–H groups in total. The standard InChI is InChI=1S/C21H27Cl2FN2O3/c1-2-28-20-11-15(13-26-7-3-6-25-8-9-27)10-19(23)21(20)29-14-16-4-5-17(24)12-18(16)22/h4-5,10-12,25-27H,2-3,6-9,13-14H2,1H3. The van der Waals surface area contributed by atoms with E-state index in [1.54, 1.807) is 6.07 Å². The summed E-state index contributed by atoms with van der Waals surface area (Å²) in [7, 11) is 0. The van der Waals surface area contributed by atoms with E-state index in [9.17, 15) is 4.39 Å². The average molecular weight is 445 g/mol. The van der Waals surface area contributed by atoms with Gasteiger partial charge in [-0.15, -0.1) is 0 Å². The molecule has 2 rings (SSSR count). The molecule has 0 saturated heterocycles. The first kappa shape index (κ1) is 23.7. The number of nitrogens with one attached hydrogen (secondary N) is 2. The van der Waals surface area contributed by atoms with Crippen molar-refractivity contribution in [3.63, 3.8) is 0 Å². The molecule has 0 bridgehead atoms. The van der Waals surface area contributed by atoms with Gasteiger partial charge < -0.3 is 25.2 Å². The van der Waals surface area contributed by atoms with Gasteiger partial charge >= 0.3 is 0 Å². The summed E-state index contributed by atoms with van der Waals surface area (Å²) < 4.78 is 24.8. The molecule has 0 aliphatic rings. The first-order valence-corrected chi connectivity index (χ1v) is 10.3. The van der Waals surface area contributed by atoms with E-state index >= 15 is 0 Å². The van der Waals surface area contributed by atoms with Crippen molar-refractivity contribution < 1.29 is 19.0 Å². The highest BCUT2D eigenvalue weighted by Gasteiger charge is 2.14. The smallest absolute Gasteiger partial charge is 0.180 e. The summed E-state index contributed by atoms with van der Waals surface area (Å²) in [6.07, 6.45) is 0.950. The van der Waals surface area contributed by atoms with Crippen molar-refractivity contribution in [2.75, 3.05) is 32.8 Å². The third-order valence-corrected chi connectivity index (χ3v) is 4.71. The van der Waals surface area contributed by atoms with E-state index in [0.29, 0.717) is 46.8 Å². The molecule has 0 radical (unpaired) electrons. The Morgan fingerprint density at radius 3 is 2.52 bits per heavy atom. The molecule has 0 aliphatic carbocycles. The van der Waals surface area contributed by atoms with E-state index in [4.69, 9.17) is 37.8 Å². The number of halogens is 3. The minimum absolute atomic E-state index is 0.147. The predicted octanol–water partition coefficient (Wildman–Crippen LogP) is 4.17. The lowest BCUT2D eigenvalue weighted by molar-refractivity contribution is 0.269. The molecule has 29 heavy (non-hydrogen) atoms. The quantitative estimate of drug-likeness (QED) is 0.404. The fourth-order valence-corrected chi connectivity index (χ4v) is 3.20. The Hall–Kier alpha value is -1.57. The largest absolute Gasteiger partial charge is 0.490 e. The van der Waals surface area contributed by atoms with Crippen LogP contribution in [-0.4, -0.2) is 38.0 Å². The van der Waals surface area contributed by atoms with Crippen LogP contribution in [0.3, 0.4) is 0 Å². The molecule has 2 aromatic rings. The molecule has 0 saturated carbocycles. The summed E-state index contributed by atoms with van der Waals surface area (Å²) in [6, 6.07) is 7.90. The Labute approximate surface area is 181 Å². The molecule has 0 aromatic heterocycles. The van der Waals surface area contributed by atoms with Crippen LogP contribution in [0.15, 0.2) is 30.3 Å². The Morgan fingerprint density at radius 2 is 1.79 bits per heavy atom. The van der Waals surface area contributed by atoms with E-state index in [1.807, 2.05) is 19.1 Å². The van der Waals surface area contributed by atoms with Gasteiger partial charge in [-0.05, 0) is 56.3 Å². The lowest BCUT2D eigenvalue weighted by atomic mass is 10.2. The molecule has 0 amide bonds. The summed E-state index contributed by atoms with van der Waals surface area (Å²) in [5.41, 5.74) is 1.64. The first-order valence-electron chi connectivity index (χ1n) is 9.59. The van der Waals surface area contributed by atoms with Crippen LogP contribution in [0.5, 0.6) is 11.5 Å². The summed E-state index contributed by atoms with van der Waals surface area (Å²) in [5.74, 6) is 0.596. The number of hydrogen-bond donors (Lipinski definition) is 3. The predicted molar refractivity (Wildman–Crippen MR) is 115 cm³/mol. The zero-order valence-corrected chi connectivity index (χ0v) is 18.0. The number of ether oxygens (including phenoxy) is 2. The molecule has 5 nitrogen and oxygen atoms in total. The maximum absolute atomic E-state index is 13.2. The highest BCUT2D eigenvalue weighted by atomic mass is 35.5. The van der Waals surface area contributed by atoms with Crippen molar-refractivity contribution in [3.05, 3.63) is 57.3 Å². The summed E-state index contributed by atoms with van der Waals surface area (Å²) >= 11 is 12.5. The molecule has 8 heteroatoms. The first-order chi connectivity index (χ1) is 14.0. The molecular weight excluding hydrogens is 418 g/mol. The van der Waals surface area contributed by atoms with Gasteiger partial charge in [0.05, 0.1) is 23.3 Å². The van der Waals surface area contributed by atoms with Crippen molar-refractivity contribution in [3.8, 4) is 11.5 Å². The fraction of sp³-hybridized carbons (Fsp3) is 0.429. The van der Waals surface area contributed by atoms with Gasteiger partial charge in [0, 0.05) is 18.7 Å². The lowest BCUT2D eigenvalue weighted by Gasteiger charge is -2.16. The molecule has 0 spiro atoms. The van der Waals surface area contributed by atoms with Gasteiger partial charge in [0.2, 0.25) is 0 Å². The minimum Gasteiger partial charge on any atom is -0.490 e. The molecular formula is C21H27Cl2FN2O3. The van der Waals surface area contributed by atoms with Crippen LogP contribution in [0.2, 0.25) is 10.0 Å². The Balaban J connectivity index is 1.97. The Bertz CT molecular complexity index is 778. The maximum Gasteiger partial charge on any atom is 0.180 e. The Kier molecular flexibility index (Phi) is 10.5. The van der Waals surface area contributed by atoms with Gasteiger partial charge in [0.1, 0.15) is 12.4 Å². The van der Waals surface area contributed by atoms with Crippen molar-refractivity contribution >= 4 is 23.2 Å². The maximum atomic E-state index is 13.2. The summed E-state index contributed by atoms with van der Waals surface area (Å²) in [4.78, 5) is 0. The number of hydrogen-bond acceptors (Lipinski definition) is 5. The second-order valence-corrected chi connectivity index (χ2v) is 7.18. The molecule has 0 aliphatic heterocycles. The van der Waals surface area contributed by atoms with Crippen molar-refractivity contribution in [1.82, 2.24) is 10.6 Å². The normalized spacial score (nSPS) is 10.9. The van der Waals surface area contributed by atoms with Gasteiger partial charge in [0.25, 0.3) is 0 Å². The van der Waals surface area contributed by atoms with Crippen LogP contribution in [0.1, 0.15) is 24.5 Å². The average Bonchev–Trinajstić information content (AvgIpc) is 2.68. The molecule has 160 valence electrons. The molecule has 2 aromatic carbocycles. The lowest BCUT2D eigenvalue weighted by Crippen LogP contribution is -2.23. The summed E-state index contributed by atoms with van der Waals surface area (Å²) in [5, 5.41) is 16.0. The van der Waals surface area contributed by atoms with Crippen LogP contribution in [0, 0.1) is 5.82 Å². The van der Waals surface area contributed by atoms with Crippen LogP contribution in [0.4, 0.5) is 4.39 Å². The summed E-state index contributed by atoms with van der Waals surface area (Å²) in [6.45, 7) is 5.59. The highest BCUT2D eigenvalue weighted by molar-refractivity contribution is 6.32. The van der Waals surface area contributed by atoms with Crippen LogP contribution in [0.25, 0.3) is 0 Å². The molecule has 0 atom stereocenters. The van der Waals surface area contributed by atoms with Gasteiger partial charge in [-0.25, -0.2) is 4.39 Å². The minimum atomic E-state index is -0.396. The van der Waals surface area contributed by atoms with Gasteiger partial charge in [-0.2, -0.15) is 0 Å². The third-order valence-electron chi connectivity index (χ3n) is 4.08. The second-order valence-electron chi connectivity index (χ2n) is 6.37. The van der Waals surface area contributed by atoms with E-state index in [2.05, 4.69) is 10.6 Å². The fourth-order valence-electron chi connectivity index (χ4n) is 2.69. The third kappa shape index (κ3) is 7.99. The highest BCUT2D eigenvalue weighted by Crippen LogP contribution is 2.37. The van der Waals surface area contributed by atoms with E-state index in [-0.39, 0.29) is 13.2 Å². The number of rotatable bonds is 13. The van der Waals surface area contributed by atoms with Crippen molar-refractivity contribution in [2.24, 2.45) is 0 Å². The van der Waals surface area contributed by atoms with Crippen molar-refractivity contribution in [1.29, 1.82) is 0 Å². The number of aliphatic hydroxyl groups excluding tert-OH is 1. The Morgan fingerprint density at radius 1 is 1.00 bits per heavy atom. The molecule has 0 heterocycles. The van der Waals surface area contributed by atoms with E-state index < -0.39 is 5.82 Å². The SMILES string of the molecule is CCOc1cc(CNCCCNCCO)cc(Cl)c1OCc1ccc(F)cc1Cl. The second kappa shape index (κ2) is 12.9. The van der Waals surface area contributed by atoms with E-state index in [0.717, 1.165) is 25.1 Å². The van der Waals surface area contributed by atoms with Crippen LogP contribution < -0.4 is 20.1 Å². The zero-order chi connectivity index (χ0) is 21.1. The van der Waals surface area contributed by atoms with Gasteiger partial charge in [0.15, 0.2) is 11.5 Å². The monoisotopic (exact) mass is 444 g/mol. The molecule has 0 unspecified atom stereocenters. The molecule has 0 fully saturated rings. The number of aliphatic hydroxyl groups is 1. The topological polar surface area (TPSA) is 62.8 Å². The zero-order valence-electron chi connectivity index (χ0n) is 16.4. The van der Waals surface area contributed by atoms with Gasteiger partial charge in [-0.3, -0.25) is 0 Å². The van der Waals surface area contributed by atoms with Crippen LogP contribution >= 0.6 is 23.2 Å². The van der Waals surface area contributed by atoms with Crippen molar-refractivity contribution in [2.45, 2.75) is 26.5 Å². The number of benzene rings is 2.